The molecule has 0 unspecified atom stereocenters. The molecule has 0 saturated heterocycles. The van der Waals surface area contributed by atoms with Crippen LogP contribution in [0.5, 0.6) is 0 Å². The molecule has 0 fully saturated rings. The van der Waals surface area contributed by atoms with Crippen LogP contribution >= 0.6 is 15.9 Å². The average Bonchev–Trinajstić information content (AvgIpc) is 2.57. The summed E-state index contributed by atoms with van der Waals surface area (Å²) < 4.78 is 5.65. The lowest BCUT2D eigenvalue weighted by Crippen LogP contribution is -1.79. The minimum atomic E-state index is 0.810. The van der Waals surface area contributed by atoms with E-state index < -0.39 is 0 Å². The van der Waals surface area contributed by atoms with Crippen LogP contribution in [0.25, 0.3) is 11.3 Å². The Kier molecular flexibility index (Phi) is 1.91. The normalized spacial score (nSPS) is 10.1. The minimum Gasteiger partial charge on any atom is -0.364 e. The monoisotopic (exact) mass is 224 g/mol. The molecule has 0 bridgehead atoms. The number of nitrogens with zero attached hydrogens (tertiary/aromatic N) is 2. The maximum Gasteiger partial charge on any atom is 0.124 e. The van der Waals surface area contributed by atoms with E-state index in [0.29, 0.717) is 0 Å². The summed E-state index contributed by atoms with van der Waals surface area (Å²) in [5, 5.41) is 3.81. The molecule has 2 heterocycles. The molecule has 2 aromatic rings. The van der Waals surface area contributed by atoms with Gasteiger partial charge in [0.2, 0.25) is 0 Å². The lowest BCUT2D eigenvalue weighted by atomic mass is 10.2. The minimum absolute atomic E-state index is 0.810. The quantitative estimate of drug-likeness (QED) is 0.748. The molecule has 0 aromatic carbocycles. The first-order valence-corrected chi connectivity index (χ1v) is 4.17. The molecule has 0 aliphatic carbocycles. The predicted molar refractivity (Wildman–Crippen MR) is 47.4 cm³/mol. The van der Waals surface area contributed by atoms with E-state index in [9.17, 15) is 0 Å². The smallest absolute Gasteiger partial charge is 0.124 e. The second-order valence-corrected chi connectivity index (χ2v) is 3.09. The van der Waals surface area contributed by atoms with Crippen LogP contribution in [0.1, 0.15) is 0 Å². The van der Waals surface area contributed by atoms with Crippen molar-refractivity contribution in [2.24, 2.45) is 0 Å². The van der Waals surface area contributed by atoms with Crippen LogP contribution in [-0.2, 0) is 0 Å². The first-order valence-electron chi connectivity index (χ1n) is 3.38. The van der Waals surface area contributed by atoms with Gasteiger partial charge in [0.05, 0.1) is 0 Å². The van der Waals surface area contributed by atoms with Crippen molar-refractivity contribution in [3.8, 4) is 11.3 Å². The van der Waals surface area contributed by atoms with Crippen LogP contribution in [0, 0.1) is 0 Å². The highest BCUT2D eigenvalue weighted by Crippen LogP contribution is 2.24. The topological polar surface area (TPSA) is 38.9 Å². The summed E-state index contributed by atoms with van der Waals surface area (Å²) in [6.45, 7) is 0. The molecule has 0 saturated carbocycles. The van der Waals surface area contributed by atoms with Gasteiger partial charge in [0.25, 0.3) is 0 Å². The van der Waals surface area contributed by atoms with E-state index in [1.165, 1.54) is 0 Å². The zero-order chi connectivity index (χ0) is 8.39. The standard InChI is InChI=1S/C8H5BrN2O/c9-7-5-10-3-1-6(7)8-2-4-12-11-8/h1-5H. The Morgan fingerprint density at radius 1 is 1.33 bits per heavy atom. The fraction of sp³-hybridized carbons (Fsp3) is 0. The van der Waals surface area contributed by atoms with Gasteiger partial charge in [0.15, 0.2) is 0 Å². The Balaban J connectivity index is 2.55. The SMILES string of the molecule is Brc1cnccc1-c1ccon1. The van der Waals surface area contributed by atoms with Gasteiger partial charge in [-0.15, -0.1) is 0 Å². The summed E-state index contributed by atoms with van der Waals surface area (Å²) in [6, 6.07) is 3.68. The lowest BCUT2D eigenvalue weighted by Gasteiger charge is -1.96. The third-order valence-corrected chi connectivity index (χ3v) is 2.12. The van der Waals surface area contributed by atoms with E-state index in [1.54, 1.807) is 24.7 Å². The fourth-order valence-electron chi connectivity index (χ4n) is 0.934. The molecule has 12 heavy (non-hydrogen) atoms. The number of rotatable bonds is 1. The van der Waals surface area contributed by atoms with Gasteiger partial charge in [-0.3, -0.25) is 4.98 Å². The number of aromatic nitrogens is 2. The van der Waals surface area contributed by atoms with Gasteiger partial charge >= 0.3 is 0 Å². The predicted octanol–water partition coefficient (Wildman–Crippen LogP) is 2.50. The molecular formula is C8H5BrN2O. The summed E-state index contributed by atoms with van der Waals surface area (Å²) in [7, 11) is 0. The van der Waals surface area contributed by atoms with E-state index in [2.05, 4.69) is 26.1 Å². The first kappa shape index (κ1) is 7.49. The van der Waals surface area contributed by atoms with Gasteiger partial charge in [0, 0.05) is 28.5 Å². The van der Waals surface area contributed by atoms with Crippen molar-refractivity contribution in [2.75, 3.05) is 0 Å². The van der Waals surface area contributed by atoms with Gasteiger partial charge in [-0.2, -0.15) is 0 Å². The zero-order valence-electron chi connectivity index (χ0n) is 6.07. The van der Waals surface area contributed by atoms with Crippen LogP contribution in [0.4, 0.5) is 0 Å². The Morgan fingerprint density at radius 2 is 2.25 bits per heavy atom. The Labute approximate surface area is 77.5 Å². The van der Waals surface area contributed by atoms with Crippen molar-refractivity contribution >= 4 is 15.9 Å². The van der Waals surface area contributed by atoms with Crippen molar-refractivity contribution in [1.82, 2.24) is 10.1 Å². The summed E-state index contributed by atoms with van der Waals surface area (Å²) in [5.41, 5.74) is 1.79. The molecule has 4 heteroatoms. The molecule has 0 aliphatic rings. The molecule has 0 amide bonds. The molecular weight excluding hydrogens is 220 g/mol. The fourth-order valence-corrected chi connectivity index (χ4v) is 1.39. The van der Waals surface area contributed by atoms with E-state index >= 15 is 0 Å². The van der Waals surface area contributed by atoms with E-state index in [4.69, 9.17) is 4.52 Å². The van der Waals surface area contributed by atoms with E-state index in [0.717, 1.165) is 15.7 Å². The third-order valence-electron chi connectivity index (χ3n) is 1.49. The maximum absolute atomic E-state index is 4.73. The van der Waals surface area contributed by atoms with Crippen molar-refractivity contribution in [3.63, 3.8) is 0 Å². The van der Waals surface area contributed by atoms with Crippen LogP contribution in [-0.4, -0.2) is 10.1 Å². The number of hydrogen-bond acceptors (Lipinski definition) is 3. The molecule has 0 N–H and O–H groups in total. The number of pyridine rings is 1. The van der Waals surface area contributed by atoms with Crippen LogP contribution in [0.2, 0.25) is 0 Å². The average molecular weight is 225 g/mol. The first-order chi connectivity index (χ1) is 5.88. The van der Waals surface area contributed by atoms with Gasteiger partial charge in [0.1, 0.15) is 12.0 Å². The second kappa shape index (κ2) is 3.06. The lowest BCUT2D eigenvalue weighted by molar-refractivity contribution is 0.422. The highest BCUT2D eigenvalue weighted by molar-refractivity contribution is 9.10. The second-order valence-electron chi connectivity index (χ2n) is 2.24. The highest BCUT2D eigenvalue weighted by Gasteiger charge is 2.04. The number of halogens is 1. The van der Waals surface area contributed by atoms with Gasteiger partial charge < -0.3 is 4.52 Å². The van der Waals surface area contributed by atoms with Crippen molar-refractivity contribution < 1.29 is 4.52 Å². The molecule has 60 valence electrons. The highest BCUT2D eigenvalue weighted by atomic mass is 79.9. The summed E-state index contributed by atoms with van der Waals surface area (Å²) >= 11 is 3.37. The molecule has 0 spiro atoms. The van der Waals surface area contributed by atoms with E-state index in [-0.39, 0.29) is 0 Å². The molecule has 3 nitrogen and oxygen atoms in total. The molecule has 2 rings (SSSR count). The van der Waals surface area contributed by atoms with Crippen LogP contribution in [0.15, 0.2) is 39.8 Å². The van der Waals surface area contributed by atoms with Gasteiger partial charge in [-0.05, 0) is 22.0 Å². The molecule has 0 atom stereocenters. The van der Waals surface area contributed by atoms with Crippen molar-refractivity contribution in [3.05, 3.63) is 35.3 Å². The molecule has 0 aliphatic heterocycles. The van der Waals surface area contributed by atoms with Crippen molar-refractivity contribution in [1.29, 1.82) is 0 Å². The molecule has 2 aromatic heterocycles. The Morgan fingerprint density at radius 3 is 2.92 bits per heavy atom. The largest absolute Gasteiger partial charge is 0.364 e. The third kappa shape index (κ3) is 1.25. The summed E-state index contributed by atoms with van der Waals surface area (Å²) in [4.78, 5) is 3.95. The zero-order valence-corrected chi connectivity index (χ0v) is 7.65. The van der Waals surface area contributed by atoms with Gasteiger partial charge in [-0.25, -0.2) is 0 Å². The summed E-state index contributed by atoms with van der Waals surface area (Å²) in [6.07, 6.45) is 4.99. The van der Waals surface area contributed by atoms with E-state index in [1.807, 2.05) is 6.07 Å². The maximum atomic E-state index is 4.73. The van der Waals surface area contributed by atoms with Gasteiger partial charge in [-0.1, -0.05) is 5.16 Å². The van der Waals surface area contributed by atoms with Crippen LogP contribution < -0.4 is 0 Å². The van der Waals surface area contributed by atoms with Crippen molar-refractivity contribution in [2.45, 2.75) is 0 Å². The Bertz CT molecular complexity index is 372. The Hall–Kier alpha value is -1.16. The summed E-state index contributed by atoms with van der Waals surface area (Å²) in [5.74, 6) is 0. The number of hydrogen-bond donors (Lipinski definition) is 0. The molecule has 0 radical (unpaired) electrons. The van der Waals surface area contributed by atoms with Crippen LogP contribution in [0.3, 0.4) is 0 Å².